The van der Waals surface area contributed by atoms with Crippen molar-refractivity contribution < 1.29 is 0 Å². The fraction of sp³-hybridized carbons (Fsp3) is 0.714. The molecule has 0 aromatic rings. The van der Waals surface area contributed by atoms with Gasteiger partial charge in [-0.25, -0.2) is 0 Å². The summed E-state index contributed by atoms with van der Waals surface area (Å²) >= 11 is 0. The maximum absolute atomic E-state index is 2.93. The second-order valence-corrected chi connectivity index (χ2v) is 2.09. The Hall–Kier alpha value is -0.660. The summed E-state index contributed by atoms with van der Waals surface area (Å²) in [5, 5.41) is 2.93. The third-order valence-electron chi connectivity index (χ3n) is 1.07. The number of nitrogens with one attached hydrogen (secondary N) is 1. The van der Waals surface area contributed by atoms with Gasteiger partial charge in [0, 0.05) is 33.0 Å². The Balaban J connectivity index is 3.25. The van der Waals surface area contributed by atoms with Crippen LogP contribution in [0.3, 0.4) is 0 Å². The average molecular weight is 128 g/mol. The quantitative estimate of drug-likeness (QED) is 0.608. The van der Waals surface area contributed by atoms with E-state index >= 15 is 0 Å². The molecular formula is C7H16N2. The van der Waals surface area contributed by atoms with E-state index in [1.807, 2.05) is 19.4 Å². The number of hydrogen-bond donors (Lipinski definition) is 1. The Bertz CT molecular complexity index is 79.0. The van der Waals surface area contributed by atoms with Crippen LogP contribution in [0.1, 0.15) is 13.3 Å². The van der Waals surface area contributed by atoms with Crippen molar-refractivity contribution in [3.8, 4) is 0 Å². The van der Waals surface area contributed by atoms with Gasteiger partial charge in [0.25, 0.3) is 0 Å². The van der Waals surface area contributed by atoms with Crippen LogP contribution in [0.25, 0.3) is 0 Å². The Labute approximate surface area is 57.5 Å². The molecule has 54 valence electrons. The molecule has 2 nitrogen and oxygen atoms in total. The lowest BCUT2D eigenvalue weighted by Gasteiger charge is -2.10. The van der Waals surface area contributed by atoms with E-state index in [0.717, 1.165) is 6.54 Å². The lowest BCUT2D eigenvalue weighted by molar-refractivity contribution is 0.452. The summed E-state index contributed by atoms with van der Waals surface area (Å²) in [6.45, 7) is 3.29. The van der Waals surface area contributed by atoms with E-state index in [1.165, 1.54) is 6.42 Å². The van der Waals surface area contributed by atoms with E-state index in [9.17, 15) is 0 Å². The average Bonchev–Trinajstić information content (AvgIpc) is 1.85. The molecule has 0 fully saturated rings. The van der Waals surface area contributed by atoms with Crippen molar-refractivity contribution in [1.82, 2.24) is 10.2 Å². The standard InChI is InChI=1S/C7H16N2/c1-4-6-9(3)7-5-8-2/h5,7-8H,4,6H2,1-3H3/b7-5-. The van der Waals surface area contributed by atoms with Crippen LogP contribution in [0.15, 0.2) is 12.4 Å². The minimum absolute atomic E-state index is 1.12. The molecule has 2 heteroatoms. The maximum atomic E-state index is 2.93. The highest BCUT2D eigenvalue weighted by molar-refractivity contribution is 4.76. The lowest BCUT2D eigenvalue weighted by Crippen LogP contribution is -2.12. The van der Waals surface area contributed by atoms with Crippen LogP contribution in [-0.4, -0.2) is 25.5 Å². The molecular weight excluding hydrogens is 112 g/mol. The molecule has 0 aromatic heterocycles. The first kappa shape index (κ1) is 8.34. The molecule has 1 N–H and O–H groups in total. The molecule has 0 saturated heterocycles. The smallest absolute Gasteiger partial charge is 0.0167 e. The third kappa shape index (κ3) is 5.21. The van der Waals surface area contributed by atoms with Crippen molar-refractivity contribution in [2.24, 2.45) is 0 Å². The molecule has 0 aliphatic heterocycles. The van der Waals surface area contributed by atoms with Crippen molar-refractivity contribution in [2.45, 2.75) is 13.3 Å². The molecule has 0 aromatic carbocycles. The topological polar surface area (TPSA) is 15.3 Å². The van der Waals surface area contributed by atoms with Crippen LogP contribution in [0.5, 0.6) is 0 Å². The first-order valence-corrected chi connectivity index (χ1v) is 3.35. The zero-order valence-electron chi connectivity index (χ0n) is 6.52. The van der Waals surface area contributed by atoms with E-state index in [2.05, 4.69) is 24.2 Å². The summed E-state index contributed by atoms with van der Waals surface area (Å²) in [4.78, 5) is 2.15. The van der Waals surface area contributed by atoms with Gasteiger partial charge in [0.1, 0.15) is 0 Å². The van der Waals surface area contributed by atoms with Crippen LogP contribution >= 0.6 is 0 Å². The second-order valence-electron chi connectivity index (χ2n) is 2.09. The third-order valence-corrected chi connectivity index (χ3v) is 1.07. The summed E-state index contributed by atoms with van der Waals surface area (Å²) < 4.78 is 0. The first-order chi connectivity index (χ1) is 4.31. The van der Waals surface area contributed by atoms with Gasteiger partial charge in [-0.05, 0) is 6.42 Å². The molecule has 0 aliphatic carbocycles. The Kier molecular flexibility index (Phi) is 5.07. The molecule has 0 radical (unpaired) electrons. The summed E-state index contributed by atoms with van der Waals surface area (Å²) in [6, 6.07) is 0. The molecule has 0 spiro atoms. The summed E-state index contributed by atoms with van der Waals surface area (Å²) in [7, 11) is 3.97. The van der Waals surface area contributed by atoms with Crippen molar-refractivity contribution in [3.05, 3.63) is 12.4 Å². The fourth-order valence-electron chi connectivity index (χ4n) is 0.629. The van der Waals surface area contributed by atoms with Crippen molar-refractivity contribution in [1.29, 1.82) is 0 Å². The highest BCUT2D eigenvalue weighted by Gasteiger charge is 1.83. The molecule has 0 rings (SSSR count). The van der Waals surface area contributed by atoms with Gasteiger partial charge in [-0.15, -0.1) is 0 Å². The molecule has 0 unspecified atom stereocenters. The van der Waals surface area contributed by atoms with Crippen molar-refractivity contribution in [2.75, 3.05) is 20.6 Å². The monoisotopic (exact) mass is 128 g/mol. The first-order valence-electron chi connectivity index (χ1n) is 3.35. The van der Waals surface area contributed by atoms with Crippen molar-refractivity contribution in [3.63, 3.8) is 0 Å². The van der Waals surface area contributed by atoms with Gasteiger partial charge in [-0.3, -0.25) is 0 Å². The van der Waals surface area contributed by atoms with Crippen LogP contribution in [0, 0.1) is 0 Å². The van der Waals surface area contributed by atoms with E-state index in [-0.39, 0.29) is 0 Å². The lowest BCUT2D eigenvalue weighted by atomic mass is 10.4. The summed E-state index contributed by atoms with van der Waals surface area (Å²) in [5.74, 6) is 0. The normalized spacial score (nSPS) is 10.1. The minimum Gasteiger partial charge on any atom is -0.393 e. The zero-order chi connectivity index (χ0) is 7.11. The van der Waals surface area contributed by atoms with Gasteiger partial charge in [0.15, 0.2) is 0 Å². The van der Waals surface area contributed by atoms with E-state index < -0.39 is 0 Å². The summed E-state index contributed by atoms with van der Waals surface area (Å²) in [6.07, 6.45) is 5.16. The second kappa shape index (κ2) is 5.48. The molecule has 0 atom stereocenters. The van der Waals surface area contributed by atoms with E-state index in [0.29, 0.717) is 0 Å². The van der Waals surface area contributed by atoms with Crippen LogP contribution < -0.4 is 5.32 Å². The minimum atomic E-state index is 1.12. The molecule has 0 aliphatic rings. The Morgan fingerprint density at radius 2 is 2.22 bits per heavy atom. The number of rotatable bonds is 4. The van der Waals surface area contributed by atoms with Crippen LogP contribution in [0.4, 0.5) is 0 Å². The van der Waals surface area contributed by atoms with E-state index in [4.69, 9.17) is 0 Å². The molecule has 0 saturated carbocycles. The van der Waals surface area contributed by atoms with Gasteiger partial charge in [-0.1, -0.05) is 6.92 Å². The summed E-state index contributed by atoms with van der Waals surface area (Å²) in [5.41, 5.74) is 0. The van der Waals surface area contributed by atoms with Gasteiger partial charge < -0.3 is 10.2 Å². The van der Waals surface area contributed by atoms with Crippen molar-refractivity contribution >= 4 is 0 Å². The van der Waals surface area contributed by atoms with Crippen LogP contribution in [0.2, 0.25) is 0 Å². The molecule has 9 heavy (non-hydrogen) atoms. The van der Waals surface area contributed by atoms with Gasteiger partial charge >= 0.3 is 0 Å². The van der Waals surface area contributed by atoms with Crippen LogP contribution in [-0.2, 0) is 0 Å². The Morgan fingerprint density at radius 3 is 2.67 bits per heavy atom. The number of hydrogen-bond acceptors (Lipinski definition) is 2. The molecule has 0 heterocycles. The fourth-order valence-corrected chi connectivity index (χ4v) is 0.629. The predicted molar refractivity (Wildman–Crippen MR) is 41.1 cm³/mol. The highest BCUT2D eigenvalue weighted by atomic mass is 15.1. The van der Waals surface area contributed by atoms with E-state index in [1.54, 1.807) is 0 Å². The Morgan fingerprint density at radius 1 is 1.56 bits per heavy atom. The highest BCUT2D eigenvalue weighted by Crippen LogP contribution is 1.84. The zero-order valence-corrected chi connectivity index (χ0v) is 6.52. The molecule has 0 amide bonds. The SMILES string of the molecule is CCCN(C)/C=C\NC. The van der Waals surface area contributed by atoms with Gasteiger partial charge in [0.2, 0.25) is 0 Å². The number of nitrogens with zero attached hydrogens (tertiary/aromatic N) is 1. The predicted octanol–water partition coefficient (Wildman–Crippen LogP) is 1.02. The van der Waals surface area contributed by atoms with Gasteiger partial charge in [0.05, 0.1) is 0 Å². The van der Waals surface area contributed by atoms with Gasteiger partial charge in [-0.2, -0.15) is 0 Å². The molecule has 0 bridgehead atoms. The maximum Gasteiger partial charge on any atom is 0.0167 e. The largest absolute Gasteiger partial charge is 0.393 e.